The summed E-state index contributed by atoms with van der Waals surface area (Å²) in [6.45, 7) is 0. The Morgan fingerprint density at radius 3 is 2.75 bits per heavy atom. The van der Waals surface area contributed by atoms with E-state index in [2.05, 4.69) is 4.99 Å². The van der Waals surface area contributed by atoms with E-state index in [1.807, 2.05) is 0 Å². The van der Waals surface area contributed by atoms with Crippen LogP contribution in [-0.4, -0.2) is 24.5 Å². The molecule has 0 radical (unpaired) electrons. The van der Waals surface area contributed by atoms with Crippen molar-refractivity contribution in [1.29, 1.82) is 0 Å². The van der Waals surface area contributed by atoms with Gasteiger partial charge in [0.25, 0.3) is 0 Å². The van der Waals surface area contributed by atoms with Gasteiger partial charge in [-0.3, -0.25) is 13.6 Å². The van der Waals surface area contributed by atoms with E-state index in [1.165, 1.54) is 18.0 Å². The molecule has 0 aromatic rings. The van der Waals surface area contributed by atoms with E-state index in [9.17, 15) is 8.63 Å². The molecule has 5 heteroatoms. The Bertz CT molecular complexity index is 107. The van der Waals surface area contributed by atoms with Crippen LogP contribution in [0.1, 0.15) is 0 Å². The highest BCUT2D eigenvalue weighted by atomic mass is 32.2. The zero-order valence-electron chi connectivity index (χ0n) is 4.05. The second kappa shape index (κ2) is 2.48. The normalized spacial score (nSPS) is 26.5. The van der Waals surface area contributed by atoms with Gasteiger partial charge in [-0.05, 0) is 0 Å². The summed E-state index contributed by atoms with van der Waals surface area (Å²) in [7, 11) is -2.29. The van der Waals surface area contributed by atoms with E-state index in [1.54, 1.807) is 0 Å². The lowest BCUT2D eigenvalue weighted by Gasteiger charge is -1.96. The van der Waals surface area contributed by atoms with Crippen LogP contribution in [0, 0.1) is 0 Å². The van der Waals surface area contributed by atoms with Gasteiger partial charge in [-0.25, -0.2) is 0 Å². The van der Waals surface area contributed by atoms with Crippen molar-refractivity contribution in [3.63, 3.8) is 0 Å². The molecule has 1 atom stereocenters. The van der Waals surface area contributed by atoms with Crippen molar-refractivity contribution in [3.05, 3.63) is 0 Å². The molecule has 1 aliphatic rings. The lowest BCUT2D eigenvalue weighted by atomic mass is 10.0. The number of halogens is 2. The first-order valence-corrected chi connectivity index (χ1v) is 3.27. The molecule has 1 aliphatic heterocycles. The Kier molecular flexibility index (Phi) is 1.88. The first-order chi connectivity index (χ1) is 3.80. The molecule has 0 aromatic heterocycles. The van der Waals surface area contributed by atoms with Gasteiger partial charge in [0.2, 0.25) is 0 Å². The SMILES string of the molecule is FB(F)C1N=CCS1. The minimum absolute atomic E-state index is 0.634. The molecule has 0 spiro atoms. The Hall–Kier alpha value is -0.0551. The maximum Gasteiger partial charge on any atom is 0.572 e. The number of nitrogens with zero attached hydrogens (tertiary/aromatic N) is 1. The average Bonchev–Trinajstić information content (AvgIpc) is 2.12. The zero-order valence-corrected chi connectivity index (χ0v) is 4.87. The molecule has 0 fully saturated rings. The van der Waals surface area contributed by atoms with Crippen LogP contribution in [0.3, 0.4) is 0 Å². The van der Waals surface area contributed by atoms with Crippen molar-refractivity contribution in [2.24, 2.45) is 4.99 Å². The Labute approximate surface area is 50.7 Å². The summed E-state index contributed by atoms with van der Waals surface area (Å²) in [5.41, 5.74) is 0. The van der Waals surface area contributed by atoms with E-state index in [0.717, 1.165) is 0 Å². The second-order valence-corrected chi connectivity index (χ2v) is 2.54. The number of aliphatic imine (C=N–C) groups is 1. The van der Waals surface area contributed by atoms with Crippen LogP contribution in [0.4, 0.5) is 8.63 Å². The Balaban J connectivity index is 2.36. The van der Waals surface area contributed by atoms with E-state index >= 15 is 0 Å². The lowest BCUT2D eigenvalue weighted by Crippen LogP contribution is -2.13. The topological polar surface area (TPSA) is 12.4 Å². The smallest absolute Gasteiger partial charge is 0.284 e. The predicted molar refractivity (Wildman–Crippen MR) is 32.7 cm³/mol. The van der Waals surface area contributed by atoms with Gasteiger partial charge in [0.05, 0.1) is 0 Å². The van der Waals surface area contributed by atoms with Crippen LogP contribution >= 0.6 is 11.8 Å². The zero-order chi connectivity index (χ0) is 5.98. The van der Waals surface area contributed by atoms with Gasteiger partial charge >= 0.3 is 7.27 Å². The van der Waals surface area contributed by atoms with Crippen LogP contribution in [-0.2, 0) is 0 Å². The van der Waals surface area contributed by atoms with Gasteiger partial charge in [0.1, 0.15) is 5.27 Å². The summed E-state index contributed by atoms with van der Waals surface area (Å²) >= 11 is 1.18. The van der Waals surface area contributed by atoms with Crippen molar-refractivity contribution >= 4 is 25.2 Å². The summed E-state index contributed by atoms with van der Waals surface area (Å²) in [5, 5.41) is -0.782. The number of thioether (sulfide) groups is 1. The molecular formula is C3H4BF2NS. The maximum absolute atomic E-state index is 11.6. The van der Waals surface area contributed by atoms with Crippen molar-refractivity contribution in [2.45, 2.75) is 5.27 Å². The van der Waals surface area contributed by atoms with Gasteiger partial charge in [0, 0.05) is 12.0 Å². The number of rotatable bonds is 1. The molecular weight excluding hydrogens is 131 g/mol. The highest BCUT2D eigenvalue weighted by Gasteiger charge is 2.28. The molecule has 8 heavy (non-hydrogen) atoms. The van der Waals surface area contributed by atoms with Gasteiger partial charge in [-0.15, -0.1) is 11.8 Å². The molecule has 1 rings (SSSR count). The van der Waals surface area contributed by atoms with Crippen molar-refractivity contribution < 1.29 is 8.63 Å². The fourth-order valence-electron chi connectivity index (χ4n) is 0.469. The van der Waals surface area contributed by atoms with Crippen molar-refractivity contribution in [2.75, 3.05) is 5.75 Å². The molecule has 1 unspecified atom stereocenters. The Morgan fingerprint density at radius 1 is 1.75 bits per heavy atom. The van der Waals surface area contributed by atoms with Gasteiger partial charge in [-0.1, -0.05) is 0 Å². The molecule has 0 saturated heterocycles. The van der Waals surface area contributed by atoms with Crippen LogP contribution in [0.2, 0.25) is 0 Å². The third-order valence-corrected chi connectivity index (χ3v) is 1.82. The molecule has 1 heterocycles. The van der Waals surface area contributed by atoms with Crippen molar-refractivity contribution in [3.8, 4) is 0 Å². The largest absolute Gasteiger partial charge is 0.572 e. The van der Waals surface area contributed by atoms with E-state index in [4.69, 9.17) is 0 Å². The highest BCUT2D eigenvalue weighted by molar-refractivity contribution is 8.02. The van der Waals surface area contributed by atoms with Crippen LogP contribution in [0.15, 0.2) is 4.99 Å². The van der Waals surface area contributed by atoms with Gasteiger partial charge in [-0.2, -0.15) is 0 Å². The fourth-order valence-corrected chi connectivity index (χ4v) is 1.16. The molecule has 0 saturated carbocycles. The van der Waals surface area contributed by atoms with E-state index < -0.39 is 12.5 Å². The first kappa shape index (κ1) is 6.07. The minimum atomic E-state index is -2.29. The highest BCUT2D eigenvalue weighted by Crippen LogP contribution is 2.20. The second-order valence-electron chi connectivity index (χ2n) is 1.39. The molecule has 0 bridgehead atoms. The summed E-state index contributed by atoms with van der Waals surface area (Å²) < 4.78 is 23.2. The minimum Gasteiger partial charge on any atom is -0.284 e. The standard InChI is InChI=1S/C3H4BF2NS/c5-4(6)3-7-1-2-8-3/h1,3H,2H2. The van der Waals surface area contributed by atoms with Crippen LogP contribution < -0.4 is 0 Å². The van der Waals surface area contributed by atoms with E-state index in [-0.39, 0.29) is 0 Å². The number of hydrogen-bond donors (Lipinski definition) is 0. The van der Waals surface area contributed by atoms with Gasteiger partial charge in [0.15, 0.2) is 0 Å². The average molecular weight is 135 g/mol. The molecule has 0 aromatic carbocycles. The lowest BCUT2D eigenvalue weighted by molar-refractivity contribution is 0.650. The summed E-state index contributed by atoms with van der Waals surface area (Å²) in [4.78, 5) is 3.52. The third-order valence-electron chi connectivity index (χ3n) is 0.809. The quantitative estimate of drug-likeness (QED) is 0.490. The first-order valence-electron chi connectivity index (χ1n) is 2.22. The fraction of sp³-hybridized carbons (Fsp3) is 0.667. The third kappa shape index (κ3) is 1.21. The van der Waals surface area contributed by atoms with Crippen molar-refractivity contribution in [1.82, 2.24) is 0 Å². The summed E-state index contributed by atoms with van der Waals surface area (Å²) in [5.74, 6) is 0.634. The van der Waals surface area contributed by atoms with Crippen LogP contribution in [0.5, 0.6) is 0 Å². The molecule has 1 nitrogen and oxygen atoms in total. The molecule has 0 aliphatic carbocycles. The summed E-state index contributed by atoms with van der Waals surface area (Å²) in [6.07, 6.45) is 1.53. The molecule has 0 amide bonds. The number of hydrogen-bond acceptors (Lipinski definition) is 2. The predicted octanol–water partition coefficient (Wildman–Crippen LogP) is 1.10. The Morgan fingerprint density at radius 2 is 2.50 bits per heavy atom. The van der Waals surface area contributed by atoms with E-state index in [0.29, 0.717) is 5.75 Å². The monoisotopic (exact) mass is 135 g/mol. The summed E-state index contributed by atoms with van der Waals surface area (Å²) in [6, 6.07) is 0. The van der Waals surface area contributed by atoms with Crippen LogP contribution in [0.25, 0.3) is 0 Å². The molecule has 0 N–H and O–H groups in total. The maximum atomic E-state index is 11.6. The van der Waals surface area contributed by atoms with Gasteiger partial charge < -0.3 is 0 Å². The molecule has 44 valence electrons.